The van der Waals surface area contributed by atoms with E-state index in [9.17, 15) is 0 Å². The molecule has 0 aliphatic carbocycles. The number of aryl methyl sites for hydroxylation is 3. The molecule has 0 saturated carbocycles. The van der Waals surface area contributed by atoms with Gasteiger partial charge in [0.2, 0.25) is 0 Å². The highest BCUT2D eigenvalue weighted by molar-refractivity contribution is 5.37. The summed E-state index contributed by atoms with van der Waals surface area (Å²) in [5.41, 5.74) is 10.4. The van der Waals surface area contributed by atoms with Crippen LogP contribution in [0.2, 0.25) is 0 Å². The maximum atomic E-state index is 5.96. The molecule has 2 N–H and O–H groups in total. The molecule has 0 amide bonds. The highest BCUT2D eigenvalue weighted by Gasteiger charge is 2.08. The van der Waals surface area contributed by atoms with Crippen LogP contribution < -0.4 is 10.5 Å². The second-order valence-corrected chi connectivity index (χ2v) is 5.40. The van der Waals surface area contributed by atoms with E-state index in [1.54, 1.807) is 0 Å². The first-order chi connectivity index (χ1) is 10.0. The van der Waals surface area contributed by atoms with Crippen LogP contribution in [0.25, 0.3) is 0 Å². The average Bonchev–Trinajstić information content (AvgIpc) is 2.88. The summed E-state index contributed by atoms with van der Waals surface area (Å²) in [6, 6.07) is 8.29. The lowest BCUT2D eigenvalue weighted by Gasteiger charge is -2.12. The summed E-state index contributed by atoms with van der Waals surface area (Å²) < 4.78 is 7.96. The Labute approximate surface area is 126 Å². The third kappa shape index (κ3) is 3.64. The fraction of sp³-hybridized carbons (Fsp3) is 0.471. The highest BCUT2D eigenvalue weighted by Crippen LogP contribution is 2.23. The van der Waals surface area contributed by atoms with Crippen molar-refractivity contribution in [3.8, 4) is 5.75 Å². The van der Waals surface area contributed by atoms with Crippen molar-refractivity contribution < 1.29 is 4.74 Å². The summed E-state index contributed by atoms with van der Waals surface area (Å²) >= 11 is 0. The van der Waals surface area contributed by atoms with Gasteiger partial charge in [0, 0.05) is 12.6 Å². The van der Waals surface area contributed by atoms with Gasteiger partial charge in [-0.1, -0.05) is 19.1 Å². The minimum absolute atomic E-state index is 0.0476. The molecule has 0 saturated heterocycles. The van der Waals surface area contributed by atoms with Gasteiger partial charge >= 0.3 is 0 Å². The third-order valence-electron chi connectivity index (χ3n) is 3.68. The van der Waals surface area contributed by atoms with E-state index in [0.29, 0.717) is 6.61 Å². The molecule has 114 valence electrons. The van der Waals surface area contributed by atoms with E-state index >= 15 is 0 Å². The van der Waals surface area contributed by atoms with Crippen molar-refractivity contribution in [2.45, 2.75) is 53.3 Å². The summed E-state index contributed by atoms with van der Waals surface area (Å²) in [5.74, 6) is 0.904. The molecule has 1 aromatic carbocycles. The van der Waals surface area contributed by atoms with Gasteiger partial charge in [-0.05, 0) is 50.5 Å². The van der Waals surface area contributed by atoms with Crippen LogP contribution in [0, 0.1) is 6.92 Å². The molecule has 0 fully saturated rings. The van der Waals surface area contributed by atoms with Crippen molar-refractivity contribution in [3.05, 3.63) is 46.8 Å². The lowest BCUT2D eigenvalue weighted by Crippen LogP contribution is -2.08. The van der Waals surface area contributed by atoms with E-state index in [0.717, 1.165) is 41.2 Å². The molecule has 1 atom stereocenters. The molecule has 2 aromatic rings. The molecule has 21 heavy (non-hydrogen) atoms. The van der Waals surface area contributed by atoms with Crippen LogP contribution in [0.3, 0.4) is 0 Å². The van der Waals surface area contributed by atoms with Gasteiger partial charge in [-0.25, -0.2) is 0 Å². The Morgan fingerprint density at radius 2 is 2.05 bits per heavy atom. The zero-order chi connectivity index (χ0) is 15.4. The molecule has 0 aliphatic heterocycles. The summed E-state index contributed by atoms with van der Waals surface area (Å²) in [5, 5.41) is 4.54. The molecule has 0 spiro atoms. The van der Waals surface area contributed by atoms with Gasteiger partial charge in [0.15, 0.2) is 0 Å². The van der Waals surface area contributed by atoms with Crippen molar-refractivity contribution in [3.63, 3.8) is 0 Å². The molecule has 4 nitrogen and oxygen atoms in total. The molecule has 0 bridgehead atoms. The van der Waals surface area contributed by atoms with E-state index < -0.39 is 0 Å². The molecule has 0 unspecified atom stereocenters. The van der Waals surface area contributed by atoms with Crippen molar-refractivity contribution in [1.29, 1.82) is 0 Å². The average molecular weight is 287 g/mol. The smallest absolute Gasteiger partial charge is 0.130 e. The number of nitrogens with two attached hydrogens (primary N) is 1. The molecule has 1 heterocycles. The fourth-order valence-electron chi connectivity index (χ4n) is 2.35. The quantitative estimate of drug-likeness (QED) is 0.886. The van der Waals surface area contributed by atoms with Crippen LogP contribution >= 0.6 is 0 Å². The predicted molar refractivity (Wildman–Crippen MR) is 85.4 cm³/mol. The Balaban J connectivity index is 2.11. The number of hydrogen-bond donors (Lipinski definition) is 1. The summed E-state index contributed by atoms with van der Waals surface area (Å²) in [4.78, 5) is 0. The Kier molecular flexibility index (Phi) is 5.02. The van der Waals surface area contributed by atoms with Gasteiger partial charge in [-0.15, -0.1) is 0 Å². The lowest BCUT2D eigenvalue weighted by molar-refractivity contribution is 0.290. The van der Waals surface area contributed by atoms with Crippen molar-refractivity contribution in [2.24, 2.45) is 5.73 Å². The molecular formula is C17H25N3O. The molecular weight excluding hydrogens is 262 g/mol. The van der Waals surface area contributed by atoms with Crippen LogP contribution in [0.1, 0.15) is 49.3 Å². The predicted octanol–water partition coefficient (Wildman–Crippen LogP) is 3.37. The molecule has 0 aliphatic rings. The van der Waals surface area contributed by atoms with Crippen LogP contribution in [0.4, 0.5) is 0 Å². The zero-order valence-electron chi connectivity index (χ0n) is 13.4. The summed E-state index contributed by atoms with van der Waals surface area (Å²) in [7, 11) is 0. The van der Waals surface area contributed by atoms with Gasteiger partial charge in [-0.2, -0.15) is 5.10 Å². The van der Waals surface area contributed by atoms with E-state index in [1.165, 1.54) is 0 Å². The summed E-state index contributed by atoms with van der Waals surface area (Å²) in [6.45, 7) is 9.65. The second-order valence-electron chi connectivity index (χ2n) is 5.40. The SMILES string of the molecule is CCc1cc(COc2ccc([C@@H](C)N)cc2C)n(CC)n1. The fourth-order valence-corrected chi connectivity index (χ4v) is 2.35. The largest absolute Gasteiger partial charge is 0.487 e. The van der Waals surface area contributed by atoms with Gasteiger partial charge < -0.3 is 10.5 Å². The van der Waals surface area contributed by atoms with Gasteiger partial charge in [-0.3, -0.25) is 4.68 Å². The minimum Gasteiger partial charge on any atom is -0.487 e. The molecule has 0 radical (unpaired) electrons. The number of ether oxygens (including phenoxy) is 1. The van der Waals surface area contributed by atoms with Crippen LogP contribution in [0.15, 0.2) is 24.3 Å². The maximum Gasteiger partial charge on any atom is 0.130 e. The Bertz CT molecular complexity index is 602. The number of nitrogens with zero attached hydrogens (tertiary/aromatic N) is 2. The number of benzene rings is 1. The molecule has 1 aromatic heterocycles. The van der Waals surface area contributed by atoms with Gasteiger partial charge in [0.1, 0.15) is 12.4 Å². The van der Waals surface area contributed by atoms with Crippen molar-refractivity contribution in [2.75, 3.05) is 0 Å². The zero-order valence-corrected chi connectivity index (χ0v) is 13.4. The monoisotopic (exact) mass is 287 g/mol. The van der Waals surface area contributed by atoms with E-state index in [4.69, 9.17) is 10.5 Å². The van der Waals surface area contributed by atoms with E-state index in [-0.39, 0.29) is 6.04 Å². The second kappa shape index (κ2) is 6.76. The van der Waals surface area contributed by atoms with Crippen LogP contribution in [0.5, 0.6) is 5.75 Å². The van der Waals surface area contributed by atoms with Crippen molar-refractivity contribution >= 4 is 0 Å². The topological polar surface area (TPSA) is 53.1 Å². The van der Waals surface area contributed by atoms with Gasteiger partial charge in [0.25, 0.3) is 0 Å². The molecule has 4 heteroatoms. The minimum atomic E-state index is 0.0476. The number of aromatic nitrogens is 2. The standard InChI is InChI=1S/C17H25N3O/c1-5-15-10-16(20(6-2)19-15)11-21-17-8-7-14(13(4)18)9-12(17)3/h7-10,13H,5-6,11,18H2,1-4H3/t13-/m1/s1. The highest BCUT2D eigenvalue weighted by atomic mass is 16.5. The van der Waals surface area contributed by atoms with E-state index in [2.05, 4.69) is 38.0 Å². The van der Waals surface area contributed by atoms with E-state index in [1.807, 2.05) is 23.7 Å². The first-order valence-corrected chi connectivity index (χ1v) is 7.59. The summed E-state index contributed by atoms with van der Waals surface area (Å²) in [6.07, 6.45) is 0.947. The van der Waals surface area contributed by atoms with Crippen LogP contribution in [-0.2, 0) is 19.6 Å². The Hall–Kier alpha value is -1.81. The Morgan fingerprint density at radius 1 is 1.29 bits per heavy atom. The normalized spacial score (nSPS) is 12.4. The van der Waals surface area contributed by atoms with Crippen LogP contribution in [-0.4, -0.2) is 9.78 Å². The van der Waals surface area contributed by atoms with Crippen molar-refractivity contribution in [1.82, 2.24) is 9.78 Å². The van der Waals surface area contributed by atoms with Gasteiger partial charge in [0.05, 0.1) is 11.4 Å². The third-order valence-corrected chi connectivity index (χ3v) is 3.68. The number of hydrogen-bond acceptors (Lipinski definition) is 3. The first-order valence-electron chi connectivity index (χ1n) is 7.59. The lowest BCUT2D eigenvalue weighted by atomic mass is 10.1. The maximum absolute atomic E-state index is 5.96. The Morgan fingerprint density at radius 3 is 2.62 bits per heavy atom. The first kappa shape index (κ1) is 15.6. The molecule has 2 rings (SSSR count). The number of rotatable bonds is 6.